The normalized spacial score (nSPS) is 28.5. The van der Waals surface area contributed by atoms with Crippen molar-refractivity contribution in [3.8, 4) is 0 Å². The van der Waals surface area contributed by atoms with E-state index in [4.69, 9.17) is 5.73 Å². The fraction of sp³-hybridized carbons (Fsp3) is 0.455. The molecule has 0 aromatic heterocycles. The number of hydrogen-bond acceptors (Lipinski definition) is 1. The van der Waals surface area contributed by atoms with Crippen LogP contribution in [0.5, 0.6) is 0 Å². The zero-order chi connectivity index (χ0) is 9.42. The van der Waals surface area contributed by atoms with Gasteiger partial charge in [-0.25, -0.2) is 4.39 Å². The third-order valence-electron chi connectivity index (χ3n) is 2.87. The Morgan fingerprint density at radius 1 is 1.54 bits per heavy atom. The van der Waals surface area contributed by atoms with E-state index in [-0.39, 0.29) is 11.9 Å². The zero-order valence-electron chi connectivity index (χ0n) is 7.70. The Bertz CT molecular complexity index is 311. The standard InChI is InChI=1S/C11H14FN/c1-7-5-10(7)11(13)8-3-2-4-9(12)6-8/h2-4,6-7,10-11H,5,13H2,1H3. The maximum atomic E-state index is 12.9. The average molecular weight is 179 g/mol. The number of benzene rings is 1. The molecule has 1 saturated carbocycles. The fourth-order valence-electron chi connectivity index (χ4n) is 1.81. The number of hydrogen-bond donors (Lipinski definition) is 1. The van der Waals surface area contributed by atoms with Gasteiger partial charge in [0.05, 0.1) is 0 Å². The lowest BCUT2D eigenvalue weighted by atomic mass is 10.0. The third kappa shape index (κ3) is 1.73. The molecule has 3 unspecified atom stereocenters. The summed E-state index contributed by atoms with van der Waals surface area (Å²) in [5.41, 5.74) is 6.92. The van der Waals surface area contributed by atoms with Crippen LogP contribution < -0.4 is 5.73 Å². The topological polar surface area (TPSA) is 26.0 Å². The first kappa shape index (κ1) is 8.70. The highest BCUT2D eigenvalue weighted by Gasteiger charge is 2.38. The minimum atomic E-state index is -0.193. The fourth-order valence-corrected chi connectivity index (χ4v) is 1.81. The molecular weight excluding hydrogens is 165 g/mol. The predicted octanol–water partition coefficient (Wildman–Crippen LogP) is 2.48. The lowest BCUT2D eigenvalue weighted by Crippen LogP contribution is -2.13. The number of halogens is 1. The van der Waals surface area contributed by atoms with Crippen LogP contribution in [0.15, 0.2) is 24.3 Å². The van der Waals surface area contributed by atoms with Crippen LogP contribution in [-0.4, -0.2) is 0 Å². The van der Waals surface area contributed by atoms with E-state index < -0.39 is 0 Å². The lowest BCUT2D eigenvalue weighted by molar-refractivity contribution is 0.579. The zero-order valence-corrected chi connectivity index (χ0v) is 7.70. The highest BCUT2D eigenvalue weighted by molar-refractivity contribution is 5.22. The van der Waals surface area contributed by atoms with E-state index in [9.17, 15) is 4.39 Å². The second-order valence-electron chi connectivity index (χ2n) is 3.96. The highest BCUT2D eigenvalue weighted by Crippen LogP contribution is 2.45. The molecule has 0 bridgehead atoms. The van der Waals surface area contributed by atoms with Crippen molar-refractivity contribution >= 4 is 0 Å². The van der Waals surface area contributed by atoms with Crippen molar-refractivity contribution in [3.63, 3.8) is 0 Å². The van der Waals surface area contributed by atoms with Gasteiger partial charge >= 0.3 is 0 Å². The van der Waals surface area contributed by atoms with Gasteiger partial charge in [0, 0.05) is 6.04 Å². The van der Waals surface area contributed by atoms with Gasteiger partial charge in [0.1, 0.15) is 5.82 Å². The van der Waals surface area contributed by atoms with Gasteiger partial charge < -0.3 is 5.73 Å². The summed E-state index contributed by atoms with van der Waals surface area (Å²) in [5, 5.41) is 0. The van der Waals surface area contributed by atoms with E-state index in [0.717, 1.165) is 5.56 Å². The summed E-state index contributed by atoms with van der Waals surface area (Å²) in [6.45, 7) is 2.18. The first-order valence-corrected chi connectivity index (χ1v) is 4.69. The molecule has 1 fully saturated rings. The van der Waals surface area contributed by atoms with Crippen LogP contribution in [0.4, 0.5) is 4.39 Å². The molecule has 0 heterocycles. The molecule has 0 amide bonds. The first-order valence-electron chi connectivity index (χ1n) is 4.69. The Hall–Kier alpha value is -0.890. The SMILES string of the molecule is CC1CC1C(N)c1cccc(F)c1. The molecule has 13 heavy (non-hydrogen) atoms. The molecule has 1 aromatic carbocycles. The minimum absolute atomic E-state index is 0.0192. The van der Waals surface area contributed by atoms with Crippen LogP contribution in [0.3, 0.4) is 0 Å². The van der Waals surface area contributed by atoms with Crippen molar-refractivity contribution in [2.24, 2.45) is 17.6 Å². The third-order valence-corrected chi connectivity index (χ3v) is 2.87. The Labute approximate surface area is 77.8 Å². The van der Waals surface area contributed by atoms with Crippen molar-refractivity contribution in [2.45, 2.75) is 19.4 Å². The monoisotopic (exact) mass is 179 g/mol. The minimum Gasteiger partial charge on any atom is -0.324 e. The summed E-state index contributed by atoms with van der Waals surface area (Å²) in [5.74, 6) is 1.07. The predicted molar refractivity (Wildman–Crippen MR) is 50.6 cm³/mol. The highest BCUT2D eigenvalue weighted by atomic mass is 19.1. The van der Waals surface area contributed by atoms with Gasteiger partial charge in [-0.2, -0.15) is 0 Å². The lowest BCUT2D eigenvalue weighted by Gasteiger charge is -2.10. The van der Waals surface area contributed by atoms with Crippen LogP contribution in [0, 0.1) is 17.7 Å². The Morgan fingerprint density at radius 2 is 2.23 bits per heavy atom. The maximum absolute atomic E-state index is 12.9. The molecule has 3 atom stereocenters. The van der Waals surface area contributed by atoms with E-state index in [0.29, 0.717) is 11.8 Å². The summed E-state index contributed by atoms with van der Waals surface area (Å²) in [6, 6.07) is 6.63. The van der Waals surface area contributed by atoms with Gasteiger partial charge in [-0.15, -0.1) is 0 Å². The molecule has 0 aliphatic heterocycles. The van der Waals surface area contributed by atoms with E-state index in [2.05, 4.69) is 6.92 Å². The van der Waals surface area contributed by atoms with E-state index in [1.165, 1.54) is 18.6 Å². The molecule has 0 saturated heterocycles. The van der Waals surface area contributed by atoms with Gasteiger partial charge in [-0.1, -0.05) is 19.1 Å². The molecule has 70 valence electrons. The molecule has 2 heteroatoms. The smallest absolute Gasteiger partial charge is 0.123 e. The number of rotatable bonds is 2. The molecule has 2 rings (SSSR count). The van der Waals surface area contributed by atoms with Gasteiger partial charge in [0.25, 0.3) is 0 Å². The van der Waals surface area contributed by atoms with Crippen LogP contribution in [0.1, 0.15) is 24.9 Å². The van der Waals surface area contributed by atoms with E-state index >= 15 is 0 Å². The van der Waals surface area contributed by atoms with Crippen LogP contribution in [-0.2, 0) is 0 Å². The quantitative estimate of drug-likeness (QED) is 0.741. The van der Waals surface area contributed by atoms with Crippen molar-refractivity contribution in [3.05, 3.63) is 35.6 Å². The van der Waals surface area contributed by atoms with E-state index in [1.54, 1.807) is 6.07 Å². The second-order valence-corrected chi connectivity index (χ2v) is 3.96. The van der Waals surface area contributed by atoms with Gasteiger partial charge in [-0.05, 0) is 36.0 Å². The van der Waals surface area contributed by atoms with Crippen LogP contribution >= 0.6 is 0 Å². The van der Waals surface area contributed by atoms with Gasteiger partial charge in [0.2, 0.25) is 0 Å². The summed E-state index contributed by atoms with van der Waals surface area (Å²) < 4.78 is 12.9. The van der Waals surface area contributed by atoms with Crippen LogP contribution in [0.25, 0.3) is 0 Å². The molecular formula is C11H14FN. The van der Waals surface area contributed by atoms with Gasteiger partial charge in [-0.3, -0.25) is 0 Å². The van der Waals surface area contributed by atoms with Crippen molar-refractivity contribution < 1.29 is 4.39 Å². The van der Waals surface area contributed by atoms with Crippen molar-refractivity contribution in [1.29, 1.82) is 0 Å². The average Bonchev–Trinajstić information content (AvgIpc) is 2.81. The van der Waals surface area contributed by atoms with Gasteiger partial charge in [0.15, 0.2) is 0 Å². The molecule has 2 N–H and O–H groups in total. The molecule has 0 spiro atoms. The summed E-state index contributed by atoms with van der Waals surface area (Å²) in [4.78, 5) is 0. The summed E-state index contributed by atoms with van der Waals surface area (Å²) in [6.07, 6.45) is 1.18. The Morgan fingerprint density at radius 3 is 2.77 bits per heavy atom. The van der Waals surface area contributed by atoms with Crippen molar-refractivity contribution in [1.82, 2.24) is 0 Å². The molecule has 1 nitrogen and oxygen atoms in total. The first-order chi connectivity index (χ1) is 6.18. The maximum Gasteiger partial charge on any atom is 0.123 e. The second kappa shape index (κ2) is 3.11. The Balaban J connectivity index is 2.15. The largest absolute Gasteiger partial charge is 0.324 e. The molecule has 1 aliphatic rings. The van der Waals surface area contributed by atoms with Crippen LogP contribution in [0.2, 0.25) is 0 Å². The summed E-state index contributed by atoms with van der Waals surface area (Å²) in [7, 11) is 0. The number of nitrogens with two attached hydrogens (primary N) is 1. The molecule has 0 radical (unpaired) electrons. The van der Waals surface area contributed by atoms with E-state index in [1.807, 2.05) is 6.07 Å². The summed E-state index contributed by atoms with van der Waals surface area (Å²) >= 11 is 0. The van der Waals surface area contributed by atoms with Crippen molar-refractivity contribution in [2.75, 3.05) is 0 Å². The Kier molecular flexibility index (Phi) is 2.08. The molecule has 1 aromatic rings. The molecule has 1 aliphatic carbocycles.